The fraction of sp³-hybridized carbons (Fsp3) is 0.350. The number of sulfonamides is 1. The molecule has 0 radical (unpaired) electrons. The number of rotatable bonds is 4. The Morgan fingerprint density at radius 2 is 1.56 bits per heavy atom. The average Bonchev–Trinajstić information content (AvgIpc) is 2.61. The van der Waals surface area contributed by atoms with Crippen LogP contribution >= 0.6 is 15.9 Å². The van der Waals surface area contributed by atoms with Crippen molar-refractivity contribution in [2.45, 2.75) is 25.2 Å². The summed E-state index contributed by atoms with van der Waals surface area (Å²) in [6, 6.07) is 13.0. The van der Waals surface area contributed by atoms with Gasteiger partial charge < -0.3 is 4.90 Å². The molecule has 1 N–H and O–H groups in total. The van der Waals surface area contributed by atoms with Crippen LogP contribution in [0.2, 0.25) is 0 Å². The number of anilines is 1. The number of hydrogen-bond donors (Lipinski definition) is 1. The van der Waals surface area contributed by atoms with Gasteiger partial charge in [-0.1, -0.05) is 29.8 Å². The molecule has 1 amide bonds. The minimum absolute atomic E-state index is 0.00397. The summed E-state index contributed by atoms with van der Waals surface area (Å²) in [7, 11) is -3.66. The second-order valence-electron chi connectivity index (χ2n) is 7.29. The van der Waals surface area contributed by atoms with Crippen molar-refractivity contribution in [1.29, 1.82) is 0 Å². The number of nitrogens with one attached hydrogen (secondary N) is 1. The van der Waals surface area contributed by atoms with Gasteiger partial charge in [-0.3, -0.25) is 9.52 Å². The highest BCUT2D eigenvalue weighted by atomic mass is 79.9. The van der Waals surface area contributed by atoms with Crippen LogP contribution in [0.3, 0.4) is 0 Å². The zero-order valence-corrected chi connectivity index (χ0v) is 17.8. The van der Waals surface area contributed by atoms with Crippen LogP contribution in [-0.2, 0) is 10.0 Å². The van der Waals surface area contributed by atoms with Crippen molar-refractivity contribution in [3.8, 4) is 0 Å². The molecular formula is C20H23BrN2O3S. The number of piperidine rings is 1. The molecule has 2 aromatic rings. The summed E-state index contributed by atoms with van der Waals surface area (Å²) < 4.78 is 28.3. The molecule has 1 aliphatic rings. The third-order valence-electron chi connectivity index (χ3n) is 4.66. The van der Waals surface area contributed by atoms with E-state index in [9.17, 15) is 13.2 Å². The topological polar surface area (TPSA) is 66.5 Å². The first-order chi connectivity index (χ1) is 12.7. The Labute approximate surface area is 169 Å². The molecule has 0 saturated carbocycles. The molecule has 0 aliphatic carbocycles. The SMILES string of the molecule is CC1CC(C)CN(C(=O)c2ccc(NS(=O)(=O)c3ccc(Br)cc3)cc2)C1. The molecule has 1 saturated heterocycles. The molecule has 1 fully saturated rings. The maximum Gasteiger partial charge on any atom is 0.261 e. The Morgan fingerprint density at radius 3 is 2.11 bits per heavy atom. The maximum absolute atomic E-state index is 12.7. The van der Waals surface area contributed by atoms with Gasteiger partial charge in [-0.25, -0.2) is 8.42 Å². The predicted molar refractivity (Wildman–Crippen MR) is 110 cm³/mol. The minimum Gasteiger partial charge on any atom is -0.338 e. The van der Waals surface area contributed by atoms with Crippen molar-refractivity contribution in [2.75, 3.05) is 17.8 Å². The van der Waals surface area contributed by atoms with E-state index in [0.29, 0.717) is 23.1 Å². The van der Waals surface area contributed by atoms with Crippen molar-refractivity contribution in [3.63, 3.8) is 0 Å². The number of carbonyl (C=O) groups is 1. The highest BCUT2D eigenvalue weighted by molar-refractivity contribution is 9.10. The zero-order chi connectivity index (χ0) is 19.6. The van der Waals surface area contributed by atoms with Crippen molar-refractivity contribution in [1.82, 2.24) is 4.90 Å². The Kier molecular flexibility index (Phi) is 5.91. The van der Waals surface area contributed by atoms with E-state index in [4.69, 9.17) is 0 Å². The lowest BCUT2D eigenvalue weighted by Gasteiger charge is -2.35. The van der Waals surface area contributed by atoms with E-state index >= 15 is 0 Å². The first-order valence-corrected chi connectivity index (χ1v) is 11.2. The van der Waals surface area contributed by atoms with E-state index in [1.165, 1.54) is 12.1 Å². The second-order valence-corrected chi connectivity index (χ2v) is 9.89. The van der Waals surface area contributed by atoms with Gasteiger partial charge in [0, 0.05) is 28.8 Å². The molecule has 1 aliphatic heterocycles. The van der Waals surface area contributed by atoms with Gasteiger partial charge in [0.2, 0.25) is 0 Å². The standard InChI is InChI=1S/C20H23BrN2O3S/c1-14-11-15(2)13-23(12-14)20(24)16-3-7-18(8-4-16)22-27(25,26)19-9-5-17(21)6-10-19/h3-10,14-15,22H,11-13H2,1-2H3. The fourth-order valence-corrected chi connectivity index (χ4v) is 4.84. The third kappa shape index (κ3) is 4.90. The van der Waals surface area contributed by atoms with Crippen molar-refractivity contribution < 1.29 is 13.2 Å². The summed E-state index contributed by atoms with van der Waals surface area (Å²) in [5.41, 5.74) is 0.998. The van der Waals surface area contributed by atoms with E-state index < -0.39 is 10.0 Å². The van der Waals surface area contributed by atoms with E-state index in [-0.39, 0.29) is 10.8 Å². The first kappa shape index (κ1) is 19.9. The van der Waals surface area contributed by atoms with E-state index in [1.807, 2.05) is 4.90 Å². The molecule has 7 heteroatoms. The molecule has 0 aromatic heterocycles. The Morgan fingerprint density at radius 1 is 1.00 bits per heavy atom. The van der Waals surface area contributed by atoms with Gasteiger partial charge in [0.15, 0.2) is 0 Å². The molecule has 2 unspecified atom stereocenters. The zero-order valence-electron chi connectivity index (χ0n) is 15.4. The van der Waals surface area contributed by atoms with Gasteiger partial charge in [-0.05, 0) is 66.8 Å². The quantitative estimate of drug-likeness (QED) is 0.751. The molecule has 1 heterocycles. The summed E-state index contributed by atoms with van der Waals surface area (Å²) in [5.74, 6) is 0.986. The smallest absolute Gasteiger partial charge is 0.261 e. The largest absolute Gasteiger partial charge is 0.338 e. The Hall–Kier alpha value is -1.86. The minimum atomic E-state index is -3.66. The summed E-state index contributed by atoms with van der Waals surface area (Å²) in [4.78, 5) is 14.8. The van der Waals surface area contributed by atoms with Gasteiger partial charge in [-0.2, -0.15) is 0 Å². The van der Waals surface area contributed by atoms with Crippen LogP contribution < -0.4 is 4.72 Å². The number of amides is 1. The fourth-order valence-electron chi connectivity index (χ4n) is 3.52. The van der Waals surface area contributed by atoms with Gasteiger partial charge in [0.05, 0.1) is 4.90 Å². The van der Waals surface area contributed by atoms with Gasteiger partial charge in [0.25, 0.3) is 15.9 Å². The molecule has 2 atom stereocenters. The van der Waals surface area contributed by atoms with E-state index in [0.717, 1.165) is 24.0 Å². The van der Waals surface area contributed by atoms with Crippen LogP contribution in [0, 0.1) is 11.8 Å². The van der Waals surface area contributed by atoms with E-state index in [2.05, 4.69) is 34.5 Å². The molecule has 0 bridgehead atoms. The number of likely N-dealkylation sites (tertiary alicyclic amines) is 1. The Balaban J connectivity index is 1.71. The first-order valence-electron chi connectivity index (χ1n) is 8.92. The van der Waals surface area contributed by atoms with Crippen molar-refractivity contribution in [3.05, 3.63) is 58.6 Å². The number of halogens is 1. The monoisotopic (exact) mass is 450 g/mol. The molecular weight excluding hydrogens is 428 g/mol. The molecule has 0 spiro atoms. The summed E-state index contributed by atoms with van der Waals surface area (Å²) in [5, 5.41) is 0. The van der Waals surface area contributed by atoms with Crippen LogP contribution in [0.1, 0.15) is 30.6 Å². The van der Waals surface area contributed by atoms with Crippen LogP contribution in [-0.4, -0.2) is 32.3 Å². The van der Waals surface area contributed by atoms with Crippen LogP contribution in [0.25, 0.3) is 0 Å². The lowest BCUT2D eigenvalue weighted by Crippen LogP contribution is -2.42. The average molecular weight is 451 g/mol. The molecule has 5 nitrogen and oxygen atoms in total. The summed E-state index contributed by atoms with van der Waals surface area (Å²) >= 11 is 3.29. The number of hydrogen-bond acceptors (Lipinski definition) is 3. The predicted octanol–water partition coefficient (Wildman–Crippen LogP) is 4.37. The highest BCUT2D eigenvalue weighted by Gasteiger charge is 2.26. The van der Waals surface area contributed by atoms with Crippen LogP contribution in [0.4, 0.5) is 5.69 Å². The molecule has 3 rings (SSSR count). The highest BCUT2D eigenvalue weighted by Crippen LogP contribution is 2.23. The van der Waals surface area contributed by atoms with Gasteiger partial charge in [0.1, 0.15) is 0 Å². The van der Waals surface area contributed by atoms with Crippen molar-refractivity contribution in [2.24, 2.45) is 11.8 Å². The van der Waals surface area contributed by atoms with Gasteiger partial charge >= 0.3 is 0 Å². The van der Waals surface area contributed by atoms with Crippen LogP contribution in [0.15, 0.2) is 57.9 Å². The summed E-state index contributed by atoms with van der Waals surface area (Å²) in [6.45, 7) is 5.86. The van der Waals surface area contributed by atoms with Crippen LogP contribution in [0.5, 0.6) is 0 Å². The number of benzene rings is 2. The maximum atomic E-state index is 12.7. The molecule has 27 heavy (non-hydrogen) atoms. The van der Waals surface area contributed by atoms with E-state index in [1.54, 1.807) is 36.4 Å². The molecule has 144 valence electrons. The second kappa shape index (κ2) is 8.02. The normalized spacial score (nSPS) is 20.3. The third-order valence-corrected chi connectivity index (χ3v) is 6.59. The number of carbonyl (C=O) groups excluding carboxylic acids is 1. The molecule has 2 aromatic carbocycles. The lowest BCUT2D eigenvalue weighted by molar-refractivity contribution is 0.0623. The number of nitrogens with zero attached hydrogens (tertiary/aromatic N) is 1. The Bertz CT molecular complexity index is 901. The lowest BCUT2D eigenvalue weighted by atomic mass is 9.91. The van der Waals surface area contributed by atoms with Gasteiger partial charge in [-0.15, -0.1) is 0 Å². The van der Waals surface area contributed by atoms with Crippen molar-refractivity contribution >= 4 is 37.5 Å². The summed E-state index contributed by atoms with van der Waals surface area (Å²) in [6.07, 6.45) is 1.14.